The Labute approximate surface area is 197 Å². The highest BCUT2D eigenvalue weighted by molar-refractivity contribution is 5.79. The van der Waals surface area contributed by atoms with Crippen LogP contribution in [0.3, 0.4) is 0 Å². The Morgan fingerprint density at radius 2 is 1.97 bits per heavy atom. The zero-order chi connectivity index (χ0) is 23.4. The number of hydrogen-bond donors (Lipinski definition) is 2. The van der Waals surface area contributed by atoms with E-state index in [0.717, 1.165) is 37.2 Å². The predicted molar refractivity (Wildman–Crippen MR) is 129 cm³/mol. The van der Waals surface area contributed by atoms with Crippen LogP contribution in [0.1, 0.15) is 42.1 Å². The van der Waals surface area contributed by atoms with E-state index in [-0.39, 0.29) is 0 Å². The van der Waals surface area contributed by atoms with E-state index in [0.29, 0.717) is 41.3 Å². The summed E-state index contributed by atoms with van der Waals surface area (Å²) in [6.45, 7) is 3.93. The van der Waals surface area contributed by atoms with Gasteiger partial charge in [-0.3, -0.25) is 4.57 Å². The van der Waals surface area contributed by atoms with Crippen molar-refractivity contribution in [3.05, 3.63) is 70.9 Å². The SMILES string of the molecule is CC[C@@]1(O)CCc2ccc(-n3cc(F)c4cnc(Nc5ccc6c(c5)CN(C)CC6)nc43)nc21. The van der Waals surface area contributed by atoms with Gasteiger partial charge in [-0.1, -0.05) is 19.1 Å². The fourth-order valence-corrected chi connectivity index (χ4v) is 5.13. The Morgan fingerprint density at radius 1 is 1.12 bits per heavy atom. The first-order valence-corrected chi connectivity index (χ1v) is 11.8. The highest BCUT2D eigenvalue weighted by atomic mass is 19.1. The van der Waals surface area contributed by atoms with Crippen molar-refractivity contribution in [3.8, 4) is 5.82 Å². The molecule has 0 saturated carbocycles. The van der Waals surface area contributed by atoms with Crippen molar-refractivity contribution in [2.24, 2.45) is 0 Å². The van der Waals surface area contributed by atoms with E-state index in [9.17, 15) is 9.50 Å². The quantitative estimate of drug-likeness (QED) is 0.477. The molecule has 1 atom stereocenters. The lowest BCUT2D eigenvalue weighted by Crippen LogP contribution is -2.26. The van der Waals surface area contributed by atoms with Crippen LogP contribution >= 0.6 is 0 Å². The highest BCUT2D eigenvalue weighted by Crippen LogP contribution is 2.38. The predicted octanol–water partition coefficient (Wildman–Crippen LogP) is 4.23. The molecule has 4 heterocycles. The van der Waals surface area contributed by atoms with Gasteiger partial charge in [0.1, 0.15) is 11.4 Å². The minimum absolute atomic E-state index is 0.325. The van der Waals surface area contributed by atoms with Gasteiger partial charge >= 0.3 is 0 Å². The number of hydrogen-bond acceptors (Lipinski definition) is 6. The van der Waals surface area contributed by atoms with Crippen molar-refractivity contribution >= 4 is 22.7 Å². The molecular formula is C26H27FN6O. The average molecular weight is 459 g/mol. The van der Waals surface area contributed by atoms with Gasteiger partial charge in [-0.05, 0) is 67.6 Å². The van der Waals surface area contributed by atoms with E-state index < -0.39 is 11.4 Å². The zero-order valence-electron chi connectivity index (χ0n) is 19.3. The fourth-order valence-electron chi connectivity index (χ4n) is 5.13. The molecular weight excluding hydrogens is 431 g/mol. The van der Waals surface area contributed by atoms with Crippen LogP contribution in [0.2, 0.25) is 0 Å². The van der Waals surface area contributed by atoms with Crippen LogP contribution < -0.4 is 5.32 Å². The van der Waals surface area contributed by atoms with E-state index >= 15 is 0 Å². The Hall–Kier alpha value is -3.36. The lowest BCUT2D eigenvalue weighted by molar-refractivity contribution is 0.0306. The van der Waals surface area contributed by atoms with E-state index in [2.05, 4.69) is 39.4 Å². The summed E-state index contributed by atoms with van der Waals surface area (Å²) in [5, 5.41) is 14.6. The Bertz CT molecular complexity index is 1420. The first-order chi connectivity index (χ1) is 16.4. The summed E-state index contributed by atoms with van der Waals surface area (Å²) < 4.78 is 16.4. The molecule has 6 rings (SSSR count). The van der Waals surface area contributed by atoms with Crippen LogP contribution in [-0.4, -0.2) is 43.1 Å². The van der Waals surface area contributed by atoms with E-state index in [4.69, 9.17) is 4.98 Å². The number of nitrogens with one attached hydrogen (secondary N) is 1. The van der Waals surface area contributed by atoms with Crippen LogP contribution in [0.4, 0.5) is 16.0 Å². The smallest absolute Gasteiger partial charge is 0.229 e. The lowest BCUT2D eigenvalue weighted by atomic mass is 9.98. The molecule has 3 aromatic heterocycles. The number of anilines is 2. The molecule has 8 heteroatoms. The van der Waals surface area contributed by atoms with Crippen molar-refractivity contribution in [1.29, 1.82) is 0 Å². The molecule has 2 N–H and O–H groups in total. The molecule has 0 bridgehead atoms. The molecule has 1 aliphatic heterocycles. The fraction of sp³-hybridized carbons (Fsp3) is 0.346. The summed E-state index contributed by atoms with van der Waals surface area (Å²) in [5.74, 6) is 0.511. The summed E-state index contributed by atoms with van der Waals surface area (Å²) in [7, 11) is 2.12. The molecule has 4 aromatic rings. The minimum Gasteiger partial charge on any atom is -0.384 e. The molecule has 1 aromatic carbocycles. The number of pyridine rings is 1. The standard InChI is InChI=1S/C26H27FN6O/c1-3-26(34)10-8-17-5-7-22(30-23(17)26)33-15-21(27)20-13-28-25(31-24(20)33)29-19-6-4-16-9-11-32(2)14-18(16)12-19/h4-7,12-13,15,34H,3,8-11,14H2,1-2H3,(H,28,29,31)/t26-/m1/s1. The molecule has 0 amide bonds. The summed E-state index contributed by atoms with van der Waals surface area (Å²) in [4.78, 5) is 16.0. The number of aliphatic hydroxyl groups is 1. The third-order valence-electron chi connectivity index (χ3n) is 7.21. The zero-order valence-corrected chi connectivity index (χ0v) is 19.3. The summed E-state index contributed by atoms with van der Waals surface area (Å²) in [5.41, 5.74) is 4.77. The monoisotopic (exact) mass is 458 g/mol. The van der Waals surface area contributed by atoms with Gasteiger partial charge in [-0.15, -0.1) is 0 Å². The van der Waals surface area contributed by atoms with Gasteiger partial charge in [0, 0.05) is 31.2 Å². The molecule has 0 spiro atoms. The number of aromatic nitrogens is 4. The first kappa shape index (κ1) is 21.2. The Morgan fingerprint density at radius 3 is 2.82 bits per heavy atom. The van der Waals surface area contributed by atoms with Crippen molar-refractivity contribution in [1.82, 2.24) is 24.4 Å². The van der Waals surface area contributed by atoms with Crippen molar-refractivity contribution in [2.75, 3.05) is 18.9 Å². The number of aryl methyl sites for hydroxylation is 1. The van der Waals surface area contributed by atoms with Crippen LogP contribution in [0.5, 0.6) is 0 Å². The Balaban J connectivity index is 1.37. The van der Waals surface area contributed by atoms with E-state index in [1.807, 2.05) is 25.1 Å². The molecule has 7 nitrogen and oxygen atoms in total. The summed E-state index contributed by atoms with van der Waals surface area (Å²) >= 11 is 0. The van der Waals surface area contributed by atoms with Gasteiger partial charge < -0.3 is 15.3 Å². The molecule has 34 heavy (non-hydrogen) atoms. The second-order valence-electron chi connectivity index (χ2n) is 9.44. The van der Waals surface area contributed by atoms with Crippen LogP contribution in [0, 0.1) is 5.82 Å². The molecule has 0 saturated heterocycles. The second-order valence-corrected chi connectivity index (χ2v) is 9.44. The molecule has 2 aliphatic rings. The van der Waals surface area contributed by atoms with Gasteiger partial charge in [-0.2, -0.15) is 4.98 Å². The maximum absolute atomic E-state index is 14.8. The maximum Gasteiger partial charge on any atom is 0.229 e. The maximum atomic E-state index is 14.8. The van der Waals surface area contributed by atoms with Gasteiger partial charge in [0.2, 0.25) is 5.95 Å². The van der Waals surface area contributed by atoms with Gasteiger partial charge in [0.25, 0.3) is 0 Å². The van der Waals surface area contributed by atoms with Gasteiger partial charge in [0.15, 0.2) is 11.5 Å². The average Bonchev–Trinajstić information content (AvgIpc) is 3.35. The topological polar surface area (TPSA) is 79.1 Å². The van der Waals surface area contributed by atoms with Gasteiger partial charge in [-0.25, -0.2) is 14.4 Å². The molecule has 1 aliphatic carbocycles. The number of likely N-dealkylation sites (N-methyl/N-ethyl adjacent to an activating group) is 1. The molecule has 174 valence electrons. The molecule has 0 unspecified atom stereocenters. The largest absolute Gasteiger partial charge is 0.384 e. The third-order valence-corrected chi connectivity index (χ3v) is 7.21. The van der Waals surface area contributed by atoms with Crippen molar-refractivity contribution in [2.45, 2.75) is 44.8 Å². The van der Waals surface area contributed by atoms with Crippen LogP contribution in [-0.2, 0) is 25.0 Å². The van der Waals surface area contributed by atoms with E-state index in [1.165, 1.54) is 23.5 Å². The van der Waals surface area contributed by atoms with Crippen molar-refractivity contribution < 1.29 is 9.50 Å². The third kappa shape index (κ3) is 3.45. The Kier molecular flexibility index (Phi) is 4.89. The lowest BCUT2D eigenvalue weighted by Gasteiger charge is -2.25. The number of nitrogens with zero attached hydrogens (tertiary/aromatic N) is 5. The van der Waals surface area contributed by atoms with Gasteiger partial charge in [0.05, 0.1) is 11.1 Å². The van der Waals surface area contributed by atoms with Crippen LogP contribution in [0.15, 0.2) is 42.7 Å². The highest BCUT2D eigenvalue weighted by Gasteiger charge is 2.37. The summed E-state index contributed by atoms with van der Waals surface area (Å²) in [6, 6.07) is 10.1. The van der Waals surface area contributed by atoms with Crippen LogP contribution in [0.25, 0.3) is 16.9 Å². The number of fused-ring (bicyclic) bond motifs is 3. The second kappa shape index (κ2) is 7.85. The van der Waals surface area contributed by atoms with Crippen molar-refractivity contribution in [3.63, 3.8) is 0 Å². The molecule has 0 radical (unpaired) electrons. The normalized spacial score (nSPS) is 19.9. The minimum atomic E-state index is -0.935. The number of rotatable bonds is 4. The first-order valence-electron chi connectivity index (χ1n) is 11.8. The van der Waals surface area contributed by atoms with E-state index in [1.54, 1.807) is 4.57 Å². The number of halogens is 1. The summed E-state index contributed by atoms with van der Waals surface area (Å²) in [6.07, 6.45) is 5.96. The number of benzene rings is 1. The molecule has 0 fully saturated rings.